The summed E-state index contributed by atoms with van der Waals surface area (Å²) in [4.78, 5) is 9.53. The number of hydrogen-bond acceptors (Lipinski definition) is 2. The van der Waals surface area contributed by atoms with Crippen LogP contribution in [-0.2, 0) is 9.09 Å². The molecule has 1 aromatic carbocycles. The fourth-order valence-corrected chi connectivity index (χ4v) is 2.21. The van der Waals surface area contributed by atoms with E-state index in [-0.39, 0.29) is 6.61 Å². The van der Waals surface area contributed by atoms with Crippen molar-refractivity contribution in [1.29, 1.82) is 0 Å². The van der Waals surface area contributed by atoms with Crippen molar-refractivity contribution in [2.24, 2.45) is 0 Å². The van der Waals surface area contributed by atoms with E-state index in [1.54, 1.807) is 31.2 Å². The van der Waals surface area contributed by atoms with Gasteiger partial charge in [0.1, 0.15) is 0 Å². The van der Waals surface area contributed by atoms with Crippen molar-refractivity contribution in [2.75, 3.05) is 6.61 Å². The van der Waals surface area contributed by atoms with E-state index < -0.39 is 7.60 Å². The topological polar surface area (TPSA) is 46.5 Å². The van der Waals surface area contributed by atoms with E-state index in [2.05, 4.69) is 6.58 Å². The molecule has 0 aliphatic heterocycles. The van der Waals surface area contributed by atoms with Crippen LogP contribution in [0.5, 0.6) is 0 Å². The maximum Gasteiger partial charge on any atom is 0.358 e. The Kier molecular flexibility index (Phi) is 3.86. The quantitative estimate of drug-likeness (QED) is 0.802. The summed E-state index contributed by atoms with van der Waals surface area (Å²) in [5.41, 5.74) is 1.88. The number of hydrogen-bond donors (Lipinski definition) is 1. The molecule has 82 valence electrons. The van der Waals surface area contributed by atoms with Crippen LogP contribution in [-0.4, -0.2) is 11.5 Å². The van der Waals surface area contributed by atoms with Gasteiger partial charge in [0.15, 0.2) is 0 Å². The fourth-order valence-electron chi connectivity index (χ4n) is 1.18. The molecule has 1 N–H and O–H groups in total. The van der Waals surface area contributed by atoms with Crippen molar-refractivity contribution in [1.82, 2.24) is 0 Å². The van der Waals surface area contributed by atoms with Crippen LogP contribution in [0.25, 0.3) is 5.57 Å². The lowest BCUT2D eigenvalue weighted by atomic mass is 10.1. The van der Waals surface area contributed by atoms with E-state index in [1.165, 1.54) is 0 Å². The SMILES string of the molecule is C=C(C)c1ccc(P(=O)(O)OCC)cc1. The van der Waals surface area contributed by atoms with Crippen LogP contribution in [0.2, 0.25) is 0 Å². The molecule has 4 heteroatoms. The summed E-state index contributed by atoms with van der Waals surface area (Å²) in [6, 6.07) is 6.72. The standard InChI is InChI=1S/C11H15O3P/c1-4-14-15(12,13)11-7-5-10(6-8-11)9(2)3/h5-8H,2,4H2,1,3H3,(H,12,13). The summed E-state index contributed by atoms with van der Waals surface area (Å²) in [6.07, 6.45) is 0. The molecule has 1 rings (SSSR count). The Balaban J connectivity index is 2.98. The highest BCUT2D eigenvalue weighted by Crippen LogP contribution is 2.40. The molecule has 1 atom stereocenters. The highest BCUT2D eigenvalue weighted by molar-refractivity contribution is 7.61. The van der Waals surface area contributed by atoms with Crippen LogP contribution in [0.15, 0.2) is 30.8 Å². The smallest absolute Gasteiger partial charge is 0.321 e. The molecule has 0 radical (unpaired) electrons. The van der Waals surface area contributed by atoms with E-state index in [9.17, 15) is 9.46 Å². The minimum atomic E-state index is -3.62. The van der Waals surface area contributed by atoms with E-state index in [0.29, 0.717) is 5.30 Å². The minimum Gasteiger partial charge on any atom is -0.321 e. The molecule has 0 heterocycles. The zero-order chi connectivity index (χ0) is 11.5. The Hall–Kier alpha value is -0.890. The van der Waals surface area contributed by atoms with Crippen molar-refractivity contribution in [3.63, 3.8) is 0 Å². The first-order chi connectivity index (χ1) is 6.97. The van der Waals surface area contributed by atoms with Gasteiger partial charge >= 0.3 is 7.60 Å². The lowest BCUT2D eigenvalue weighted by Crippen LogP contribution is -2.06. The van der Waals surface area contributed by atoms with Crippen molar-refractivity contribution in [2.45, 2.75) is 13.8 Å². The highest BCUT2D eigenvalue weighted by atomic mass is 31.2. The summed E-state index contributed by atoms with van der Waals surface area (Å²) in [7, 11) is -3.62. The molecule has 3 nitrogen and oxygen atoms in total. The molecule has 15 heavy (non-hydrogen) atoms. The average molecular weight is 226 g/mol. The molecule has 0 saturated carbocycles. The molecule has 0 fully saturated rings. The number of rotatable bonds is 4. The van der Waals surface area contributed by atoms with Gasteiger partial charge in [0, 0.05) is 0 Å². The highest BCUT2D eigenvalue weighted by Gasteiger charge is 2.21. The largest absolute Gasteiger partial charge is 0.358 e. The van der Waals surface area contributed by atoms with Gasteiger partial charge in [-0.3, -0.25) is 4.57 Å². The van der Waals surface area contributed by atoms with Crippen LogP contribution in [0, 0.1) is 0 Å². The molecular formula is C11H15O3P. The van der Waals surface area contributed by atoms with E-state index >= 15 is 0 Å². The van der Waals surface area contributed by atoms with Gasteiger partial charge in [-0.25, -0.2) is 0 Å². The first-order valence-electron chi connectivity index (χ1n) is 4.71. The molecule has 0 aliphatic carbocycles. The fraction of sp³-hybridized carbons (Fsp3) is 0.273. The molecule has 0 aromatic heterocycles. The molecule has 1 unspecified atom stereocenters. The van der Waals surface area contributed by atoms with Crippen LogP contribution >= 0.6 is 7.60 Å². The maximum absolute atomic E-state index is 11.6. The lowest BCUT2D eigenvalue weighted by molar-refractivity contribution is 0.284. The normalized spacial score (nSPS) is 14.6. The van der Waals surface area contributed by atoms with E-state index in [0.717, 1.165) is 11.1 Å². The summed E-state index contributed by atoms with van der Waals surface area (Å²) >= 11 is 0. The van der Waals surface area contributed by atoms with Crippen LogP contribution in [0.1, 0.15) is 19.4 Å². The molecule has 0 bridgehead atoms. The van der Waals surface area contributed by atoms with Gasteiger partial charge in [-0.15, -0.1) is 0 Å². The predicted octanol–water partition coefficient (Wildman–Crippen LogP) is 2.57. The second-order valence-corrected chi connectivity index (χ2v) is 5.08. The van der Waals surface area contributed by atoms with Crippen LogP contribution in [0.3, 0.4) is 0 Å². The van der Waals surface area contributed by atoms with Crippen molar-refractivity contribution < 1.29 is 14.0 Å². The maximum atomic E-state index is 11.6. The summed E-state index contributed by atoms with van der Waals surface area (Å²) in [5, 5.41) is 0.314. The van der Waals surface area contributed by atoms with E-state index in [1.807, 2.05) is 6.92 Å². The zero-order valence-corrected chi connectivity index (χ0v) is 9.83. The molecule has 0 spiro atoms. The monoisotopic (exact) mass is 226 g/mol. The van der Waals surface area contributed by atoms with Crippen molar-refractivity contribution >= 4 is 18.5 Å². The van der Waals surface area contributed by atoms with Gasteiger partial charge in [-0.2, -0.15) is 0 Å². The molecule has 0 aliphatic rings. The van der Waals surface area contributed by atoms with Gasteiger partial charge < -0.3 is 9.42 Å². The Morgan fingerprint density at radius 2 is 2.00 bits per heavy atom. The van der Waals surface area contributed by atoms with Gasteiger partial charge in [0.05, 0.1) is 11.9 Å². The number of allylic oxidation sites excluding steroid dienone is 1. The second kappa shape index (κ2) is 4.75. The lowest BCUT2D eigenvalue weighted by Gasteiger charge is -2.11. The number of benzene rings is 1. The molecule has 1 aromatic rings. The van der Waals surface area contributed by atoms with Crippen LogP contribution in [0.4, 0.5) is 0 Å². The first kappa shape index (κ1) is 12.2. The van der Waals surface area contributed by atoms with Crippen molar-refractivity contribution in [3.05, 3.63) is 36.4 Å². The van der Waals surface area contributed by atoms with Gasteiger partial charge in [-0.1, -0.05) is 24.3 Å². The third-order valence-corrected chi connectivity index (χ3v) is 3.55. The van der Waals surface area contributed by atoms with Crippen LogP contribution < -0.4 is 5.30 Å². The van der Waals surface area contributed by atoms with Gasteiger partial charge in [0.25, 0.3) is 0 Å². The Morgan fingerprint density at radius 1 is 1.47 bits per heavy atom. The van der Waals surface area contributed by atoms with E-state index in [4.69, 9.17) is 4.52 Å². The van der Waals surface area contributed by atoms with Crippen molar-refractivity contribution in [3.8, 4) is 0 Å². The third-order valence-electron chi connectivity index (χ3n) is 1.99. The molecule has 0 saturated heterocycles. The minimum absolute atomic E-state index is 0.218. The molecule has 0 amide bonds. The predicted molar refractivity (Wildman–Crippen MR) is 62.2 cm³/mol. The second-order valence-electron chi connectivity index (χ2n) is 3.27. The van der Waals surface area contributed by atoms with Gasteiger partial charge in [0.2, 0.25) is 0 Å². The Labute approximate surface area is 89.9 Å². The first-order valence-corrected chi connectivity index (χ1v) is 6.29. The summed E-state index contributed by atoms with van der Waals surface area (Å²) in [6.45, 7) is 7.58. The Morgan fingerprint density at radius 3 is 2.40 bits per heavy atom. The summed E-state index contributed by atoms with van der Waals surface area (Å²) < 4.78 is 16.4. The Bertz CT molecular complexity index is 395. The zero-order valence-electron chi connectivity index (χ0n) is 8.93. The molecular weight excluding hydrogens is 211 g/mol. The summed E-state index contributed by atoms with van der Waals surface area (Å²) in [5.74, 6) is 0. The van der Waals surface area contributed by atoms with Gasteiger partial charge in [-0.05, 0) is 31.5 Å². The average Bonchev–Trinajstić information content (AvgIpc) is 2.18. The third kappa shape index (κ3) is 3.03.